The fourth-order valence-corrected chi connectivity index (χ4v) is 2.24. The number of hydrogen-bond donors (Lipinski definition) is 1. The molecule has 5 nitrogen and oxygen atoms in total. The fourth-order valence-electron chi connectivity index (χ4n) is 2.24. The molecule has 1 aliphatic rings. The molecular formula is C13H26N2O3. The van der Waals surface area contributed by atoms with Crippen molar-refractivity contribution in [2.45, 2.75) is 39.0 Å². The Bertz CT molecular complexity index is 247. The van der Waals surface area contributed by atoms with Gasteiger partial charge in [0.15, 0.2) is 6.29 Å². The van der Waals surface area contributed by atoms with E-state index in [4.69, 9.17) is 9.47 Å². The van der Waals surface area contributed by atoms with Crippen LogP contribution in [-0.2, 0) is 14.3 Å². The number of piperidine rings is 1. The standard InChI is InChI=1S/C13H26N2O3/c1-10(2)14-13(16)11-5-7-15(8-6-11)9-12(17-3)18-4/h10-12H,5-9H2,1-4H3,(H,14,16). The van der Waals surface area contributed by atoms with Crippen LogP contribution in [0.5, 0.6) is 0 Å². The van der Waals surface area contributed by atoms with Crippen LogP contribution in [0.2, 0.25) is 0 Å². The van der Waals surface area contributed by atoms with Crippen molar-refractivity contribution in [2.75, 3.05) is 33.9 Å². The molecule has 106 valence electrons. The SMILES string of the molecule is COC(CN1CCC(C(=O)NC(C)C)CC1)OC. The maximum absolute atomic E-state index is 11.9. The molecule has 0 aromatic heterocycles. The van der Waals surface area contributed by atoms with Gasteiger partial charge in [0.25, 0.3) is 0 Å². The van der Waals surface area contributed by atoms with Crippen LogP contribution in [0.4, 0.5) is 0 Å². The lowest BCUT2D eigenvalue weighted by molar-refractivity contribution is -0.130. The van der Waals surface area contributed by atoms with Gasteiger partial charge in [0.2, 0.25) is 5.91 Å². The number of likely N-dealkylation sites (tertiary alicyclic amines) is 1. The van der Waals surface area contributed by atoms with Crippen molar-refractivity contribution in [3.63, 3.8) is 0 Å². The third-order valence-corrected chi connectivity index (χ3v) is 3.32. The summed E-state index contributed by atoms with van der Waals surface area (Å²) in [5.74, 6) is 0.354. The number of hydrogen-bond acceptors (Lipinski definition) is 4. The zero-order valence-corrected chi connectivity index (χ0v) is 11.9. The maximum Gasteiger partial charge on any atom is 0.223 e. The van der Waals surface area contributed by atoms with Gasteiger partial charge in [-0.25, -0.2) is 0 Å². The molecule has 1 amide bonds. The minimum Gasteiger partial charge on any atom is -0.355 e. The Balaban J connectivity index is 2.30. The molecule has 0 aromatic rings. The quantitative estimate of drug-likeness (QED) is 0.717. The summed E-state index contributed by atoms with van der Waals surface area (Å²) in [6.07, 6.45) is 1.66. The maximum atomic E-state index is 11.9. The highest BCUT2D eigenvalue weighted by molar-refractivity contribution is 5.78. The average molecular weight is 258 g/mol. The summed E-state index contributed by atoms with van der Waals surface area (Å²) >= 11 is 0. The van der Waals surface area contributed by atoms with Crippen LogP contribution in [0.1, 0.15) is 26.7 Å². The Labute approximate surface area is 110 Å². The van der Waals surface area contributed by atoms with E-state index in [1.54, 1.807) is 14.2 Å². The van der Waals surface area contributed by atoms with Crippen molar-refractivity contribution in [3.8, 4) is 0 Å². The van der Waals surface area contributed by atoms with Crippen LogP contribution in [0.3, 0.4) is 0 Å². The van der Waals surface area contributed by atoms with Crippen LogP contribution in [0.25, 0.3) is 0 Å². The van der Waals surface area contributed by atoms with Crippen molar-refractivity contribution in [2.24, 2.45) is 5.92 Å². The molecule has 1 heterocycles. The van der Waals surface area contributed by atoms with Crippen LogP contribution >= 0.6 is 0 Å². The van der Waals surface area contributed by atoms with E-state index in [1.165, 1.54) is 0 Å². The fraction of sp³-hybridized carbons (Fsp3) is 0.923. The van der Waals surface area contributed by atoms with E-state index in [-0.39, 0.29) is 24.2 Å². The minimum atomic E-state index is -0.175. The summed E-state index contributed by atoms with van der Waals surface area (Å²) in [4.78, 5) is 14.2. The van der Waals surface area contributed by atoms with Gasteiger partial charge in [-0.15, -0.1) is 0 Å². The second kappa shape index (κ2) is 7.71. The smallest absolute Gasteiger partial charge is 0.223 e. The summed E-state index contributed by atoms with van der Waals surface area (Å²) in [5.41, 5.74) is 0. The molecule has 1 N–H and O–H groups in total. The lowest BCUT2D eigenvalue weighted by Crippen LogP contribution is -2.44. The first-order chi connectivity index (χ1) is 8.56. The van der Waals surface area contributed by atoms with Gasteiger partial charge in [-0.05, 0) is 39.8 Å². The molecule has 18 heavy (non-hydrogen) atoms. The van der Waals surface area contributed by atoms with Crippen molar-refractivity contribution >= 4 is 5.91 Å². The van der Waals surface area contributed by atoms with E-state index in [1.807, 2.05) is 13.8 Å². The number of rotatable bonds is 6. The summed E-state index contributed by atoms with van der Waals surface area (Å²) in [5, 5.41) is 2.98. The Kier molecular flexibility index (Phi) is 6.60. The summed E-state index contributed by atoms with van der Waals surface area (Å²) < 4.78 is 10.4. The molecule has 0 spiro atoms. The van der Waals surface area contributed by atoms with Gasteiger partial charge >= 0.3 is 0 Å². The van der Waals surface area contributed by atoms with E-state index in [9.17, 15) is 4.79 Å². The van der Waals surface area contributed by atoms with E-state index >= 15 is 0 Å². The van der Waals surface area contributed by atoms with Crippen molar-refractivity contribution in [1.29, 1.82) is 0 Å². The van der Waals surface area contributed by atoms with Gasteiger partial charge in [-0.2, -0.15) is 0 Å². The van der Waals surface area contributed by atoms with Crippen molar-refractivity contribution in [3.05, 3.63) is 0 Å². The molecule has 1 aliphatic heterocycles. The third-order valence-electron chi connectivity index (χ3n) is 3.32. The zero-order chi connectivity index (χ0) is 13.5. The lowest BCUT2D eigenvalue weighted by atomic mass is 9.95. The van der Waals surface area contributed by atoms with Gasteiger partial charge in [-0.3, -0.25) is 9.69 Å². The highest BCUT2D eigenvalue weighted by Crippen LogP contribution is 2.18. The minimum absolute atomic E-state index is 0.159. The molecule has 1 rings (SSSR count). The molecule has 1 fully saturated rings. The number of carbonyl (C=O) groups excluding carboxylic acids is 1. The van der Waals surface area contributed by atoms with E-state index in [0.29, 0.717) is 0 Å². The molecule has 0 aromatic carbocycles. The molecule has 0 radical (unpaired) electrons. The largest absolute Gasteiger partial charge is 0.355 e. The van der Waals surface area contributed by atoms with Crippen LogP contribution < -0.4 is 5.32 Å². The zero-order valence-electron chi connectivity index (χ0n) is 11.9. The molecule has 0 aliphatic carbocycles. The predicted octanol–water partition coefficient (Wildman–Crippen LogP) is 0.842. The monoisotopic (exact) mass is 258 g/mol. The Morgan fingerprint density at radius 1 is 1.28 bits per heavy atom. The molecule has 0 unspecified atom stereocenters. The first-order valence-corrected chi connectivity index (χ1v) is 6.65. The second-order valence-electron chi connectivity index (χ2n) is 5.14. The van der Waals surface area contributed by atoms with E-state index < -0.39 is 0 Å². The number of ether oxygens (including phenoxy) is 2. The number of nitrogens with one attached hydrogen (secondary N) is 1. The molecule has 1 saturated heterocycles. The van der Waals surface area contributed by atoms with Crippen molar-refractivity contribution < 1.29 is 14.3 Å². The highest BCUT2D eigenvalue weighted by Gasteiger charge is 2.26. The highest BCUT2D eigenvalue weighted by atomic mass is 16.7. The van der Waals surface area contributed by atoms with Crippen LogP contribution in [-0.4, -0.2) is 57.0 Å². The number of methoxy groups -OCH3 is 2. The number of carbonyl (C=O) groups is 1. The van der Waals surface area contributed by atoms with Gasteiger partial charge in [0.05, 0.1) is 0 Å². The van der Waals surface area contributed by atoms with Gasteiger partial charge in [0.1, 0.15) is 0 Å². The van der Waals surface area contributed by atoms with Crippen LogP contribution in [0.15, 0.2) is 0 Å². The Morgan fingerprint density at radius 3 is 2.28 bits per heavy atom. The molecule has 0 atom stereocenters. The molecule has 5 heteroatoms. The second-order valence-corrected chi connectivity index (χ2v) is 5.14. The Hall–Kier alpha value is -0.650. The average Bonchev–Trinajstić information content (AvgIpc) is 2.35. The Morgan fingerprint density at radius 2 is 1.83 bits per heavy atom. The van der Waals surface area contributed by atoms with Gasteiger partial charge in [0, 0.05) is 32.7 Å². The first kappa shape index (κ1) is 15.4. The molecule has 0 saturated carbocycles. The van der Waals surface area contributed by atoms with E-state index in [0.717, 1.165) is 32.5 Å². The molecule has 0 bridgehead atoms. The van der Waals surface area contributed by atoms with Crippen molar-refractivity contribution in [1.82, 2.24) is 10.2 Å². The van der Waals surface area contributed by atoms with E-state index in [2.05, 4.69) is 10.2 Å². The predicted molar refractivity (Wildman–Crippen MR) is 70.2 cm³/mol. The number of amides is 1. The summed E-state index contributed by atoms with van der Waals surface area (Å²) in [6, 6.07) is 0.224. The first-order valence-electron chi connectivity index (χ1n) is 6.65. The lowest BCUT2D eigenvalue weighted by Gasteiger charge is -2.33. The summed E-state index contributed by atoms with van der Waals surface area (Å²) in [7, 11) is 3.30. The van der Waals surface area contributed by atoms with Crippen LogP contribution in [0, 0.1) is 5.92 Å². The number of nitrogens with zero attached hydrogens (tertiary/aromatic N) is 1. The summed E-state index contributed by atoms with van der Waals surface area (Å²) in [6.45, 7) is 6.62. The van der Waals surface area contributed by atoms with Gasteiger partial charge < -0.3 is 14.8 Å². The van der Waals surface area contributed by atoms with Gasteiger partial charge in [-0.1, -0.05) is 0 Å². The molecular weight excluding hydrogens is 232 g/mol. The third kappa shape index (κ3) is 4.92. The topological polar surface area (TPSA) is 50.8 Å². The normalized spacial score (nSPS) is 18.6.